The van der Waals surface area contributed by atoms with Gasteiger partial charge >= 0.3 is 0 Å². The van der Waals surface area contributed by atoms with Crippen molar-refractivity contribution in [1.29, 1.82) is 0 Å². The predicted octanol–water partition coefficient (Wildman–Crippen LogP) is 0.722. The quantitative estimate of drug-likeness (QED) is 0.346. The first-order valence-corrected chi connectivity index (χ1v) is 2.80. The summed E-state index contributed by atoms with van der Waals surface area (Å²) in [6.07, 6.45) is 0.809. The van der Waals surface area contributed by atoms with Crippen LogP contribution >= 0.6 is 18.5 Å². The molecule has 0 radical (unpaired) electrons. The SMILES string of the molecule is P/C=N/CP. The fourth-order valence-electron chi connectivity index (χ4n) is 0.0609. The van der Waals surface area contributed by atoms with Gasteiger partial charge in [-0.1, -0.05) is 9.24 Å². The molecule has 0 spiro atoms. The third-order valence-electron chi connectivity index (χ3n) is 0.211. The van der Waals surface area contributed by atoms with Crippen molar-refractivity contribution in [2.24, 2.45) is 4.99 Å². The maximum atomic E-state index is 3.77. The summed E-state index contributed by atoms with van der Waals surface area (Å²) in [6.45, 7) is 0. The second kappa shape index (κ2) is 4.53. The Bertz CT molecular complexity index is 34.6. The van der Waals surface area contributed by atoms with E-state index >= 15 is 0 Å². The van der Waals surface area contributed by atoms with Crippen LogP contribution in [0.5, 0.6) is 0 Å². The van der Waals surface area contributed by atoms with Crippen LogP contribution < -0.4 is 0 Å². The maximum Gasteiger partial charge on any atom is 0.0528 e. The Morgan fingerprint density at radius 1 is 1.80 bits per heavy atom. The zero-order chi connectivity index (χ0) is 4.12. The first-order valence-electron chi connectivity index (χ1n) is 1.32. The van der Waals surface area contributed by atoms with Gasteiger partial charge < -0.3 is 0 Å². The van der Waals surface area contributed by atoms with Crippen LogP contribution in [0.25, 0.3) is 0 Å². The molecule has 0 saturated carbocycles. The Hall–Kier alpha value is 0.530. The lowest BCUT2D eigenvalue weighted by molar-refractivity contribution is 1.42. The molecule has 0 heterocycles. The van der Waals surface area contributed by atoms with E-state index in [1.165, 1.54) is 0 Å². The van der Waals surface area contributed by atoms with Gasteiger partial charge in [-0.2, -0.15) is 0 Å². The van der Waals surface area contributed by atoms with Gasteiger partial charge in [0.1, 0.15) is 0 Å². The van der Waals surface area contributed by atoms with Gasteiger partial charge in [0, 0.05) is 5.96 Å². The van der Waals surface area contributed by atoms with Crippen LogP contribution in [0.1, 0.15) is 0 Å². The average Bonchev–Trinajstić information content (AvgIpc) is 1.41. The standard InChI is InChI=1S/C2H7NP2/c4-1-3-2-5/h1H,2,4-5H2/b3-1+. The fraction of sp³-hybridized carbons (Fsp3) is 0.500. The third kappa shape index (κ3) is 4.53. The van der Waals surface area contributed by atoms with Crippen molar-refractivity contribution in [2.75, 3.05) is 6.29 Å². The van der Waals surface area contributed by atoms with Crippen LogP contribution in [0, 0.1) is 0 Å². The molecular formula is C2H7NP2. The molecule has 0 saturated heterocycles. The lowest BCUT2D eigenvalue weighted by atomic mass is 11.4. The van der Waals surface area contributed by atoms with Crippen LogP contribution in [0.4, 0.5) is 0 Å². The van der Waals surface area contributed by atoms with Crippen molar-refractivity contribution in [3.8, 4) is 0 Å². The highest BCUT2D eigenvalue weighted by atomic mass is 31.0. The number of nitrogens with zero attached hydrogens (tertiary/aromatic N) is 1. The van der Waals surface area contributed by atoms with E-state index in [1.54, 1.807) is 5.96 Å². The minimum atomic E-state index is 0.809. The number of hydrogen-bond acceptors (Lipinski definition) is 1. The Morgan fingerprint density at radius 3 is 2.40 bits per heavy atom. The van der Waals surface area contributed by atoms with E-state index in [-0.39, 0.29) is 0 Å². The number of aliphatic imine (C=N–C) groups is 1. The highest BCUT2D eigenvalue weighted by Crippen LogP contribution is 1.79. The van der Waals surface area contributed by atoms with E-state index in [0.717, 1.165) is 6.29 Å². The van der Waals surface area contributed by atoms with Gasteiger partial charge in [-0.05, 0) is 0 Å². The van der Waals surface area contributed by atoms with Crippen molar-refractivity contribution in [1.82, 2.24) is 0 Å². The zero-order valence-electron chi connectivity index (χ0n) is 2.89. The molecule has 0 aromatic carbocycles. The second-order valence-electron chi connectivity index (χ2n) is 0.514. The molecule has 5 heavy (non-hydrogen) atoms. The molecule has 0 rings (SSSR count). The molecule has 1 nitrogen and oxygen atoms in total. The fourth-order valence-corrected chi connectivity index (χ4v) is 0.548. The summed E-state index contributed by atoms with van der Waals surface area (Å²) in [7, 11) is 4.88. The summed E-state index contributed by atoms with van der Waals surface area (Å²) in [5.41, 5.74) is 0. The molecule has 0 aromatic rings. The first-order chi connectivity index (χ1) is 2.41. The highest BCUT2D eigenvalue weighted by Gasteiger charge is 1.50. The van der Waals surface area contributed by atoms with Crippen molar-refractivity contribution in [2.45, 2.75) is 0 Å². The van der Waals surface area contributed by atoms with Crippen LogP contribution in [0.3, 0.4) is 0 Å². The van der Waals surface area contributed by atoms with Gasteiger partial charge in [0.25, 0.3) is 0 Å². The molecule has 2 unspecified atom stereocenters. The lowest BCUT2D eigenvalue weighted by Gasteiger charge is -1.68. The zero-order valence-corrected chi connectivity index (χ0v) is 5.20. The Balaban J connectivity index is 2.62. The Kier molecular flexibility index (Phi) is 5.01. The largest absolute Gasteiger partial charge is 0.289 e. The van der Waals surface area contributed by atoms with Gasteiger partial charge in [-0.25, -0.2) is 0 Å². The molecule has 30 valence electrons. The lowest BCUT2D eigenvalue weighted by Crippen LogP contribution is -1.53. The molecule has 0 fully saturated rings. The molecular weight excluding hydrogens is 100.0 g/mol. The third-order valence-corrected chi connectivity index (χ3v) is 0.632. The maximum absolute atomic E-state index is 3.77. The minimum Gasteiger partial charge on any atom is -0.289 e. The topological polar surface area (TPSA) is 12.4 Å². The van der Waals surface area contributed by atoms with Gasteiger partial charge in [-0.3, -0.25) is 4.99 Å². The van der Waals surface area contributed by atoms with E-state index in [4.69, 9.17) is 0 Å². The van der Waals surface area contributed by atoms with Crippen LogP contribution in [0.2, 0.25) is 0 Å². The van der Waals surface area contributed by atoms with E-state index < -0.39 is 0 Å². The van der Waals surface area contributed by atoms with E-state index in [0.29, 0.717) is 0 Å². The normalized spacial score (nSPS) is 10.0. The molecule has 3 heteroatoms. The first kappa shape index (κ1) is 5.53. The van der Waals surface area contributed by atoms with Gasteiger partial charge in [-0.15, -0.1) is 9.24 Å². The van der Waals surface area contributed by atoms with Gasteiger partial charge in [0.05, 0.1) is 6.29 Å². The number of hydrogen-bond donors (Lipinski definition) is 0. The second-order valence-corrected chi connectivity index (χ2v) is 1.18. The van der Waals surface area contributed by atoms with Crippen molar-refractivity contribution in [3.63, 3.8) is 0 Å². The van der Waals surface area contributed by atoms with Crippen molar-refractivity contribution < 1.29 is 0 Å². The summed E-state index contributed by atoms with van der Waals surface area (Å²) in [4.78, 5) is 3.77. The predicted molar refractivity (Wildman–Crippen MR) is 32.8 cm³/mol. The molecule has 0 aliphatic heterocycles. The summed E-state index contributed by atoms with van der Waals surface area (Å²) in [6, 6.07) is 0. The molecule has 0 aromatic heterocycles. The Morgan fingerprint density at radius 2 is 2.40 bits per heavy atom. The smallest absolute Gasteiger partial charge is 0.0528 e. The molecule has 0 amide bonds. The van der Waals surface area contributed by atoms with Crippen molar-refractivity contribution >= 4 is 24.4 Å². The summed E-state index contributed by atoms with van der Waals surface area (Å²) in [5.74, 6) is 1.70. The van der Waals surface area contributed by atoms with E-state index in [9.17, 15) is 0 Å². The summed E-state index contributed by atoms with van der Waals surface area (Å²) < 4.78 is 0. The van der Waals surface area contributed by atoms with Gasteiger partial charge in [0.15, 0.2) is 0 Å². The van der Waals surface area contributed by atoms with Crippen LogP contribution in [0.15, 0.2) is 4.99 Å². The van der Waals surface area contributed by atoms with E-state index in [2.05, 4.69) is 23.5 Å². The molecule has 0 aliphatic rings. The van der Waals surface area contributed by atoms with Crippen molar-refractivity contribution in [3.05, 3.63) is 0 Å². The molecule has 0 bridgehead atoms. The number of rotatable bonds is 1. The van der Waals surface area contributed by atoms with Crippen LogP contribution in [-0.4, -0.2) is 12.2 Å². The van der Waals surface area contributed by atoms with Gasteiger partial charge in [0.2, 0.25) is 0 Å². The van der Waals surface area contributed by atoms with Crippen LogP contribution in [-0.2, 0) is 0 Å². The molecule has 0 N–H and O–H groups in total. The highest BCUT2D eigenvalue weighted by molar-refractivity contribution is 7.37. The molecule has 0 aliphatic carbocycles. The monoisotopic (exact) mass is 107 g/mol. The average molecular weight is 107 g/mol. The minimum absolute atomic E-state index is 0.809. The summed E-state index contributed by atoms with van der Waals surface area (Å²) in [5, 5.41) is 0. The molecule has 2 atom stereocenters. The van der Waals surface area contributed by atoms with E-state index in [1.807, 2.05) is 0 Å². The summed E-state index contributed by atoms with van der Waals surface area (Å²) >= 11 is 0. The Labute approximate surface area is 36.7 Å².